The molecule has 0 radical (unpaired) electrons. The maximum Gasteiger partial charge on any atom is 0.222 e. The summed E-state index contributed by atoms with van der Waals surface area (Å²) in [6, 6.07) is 2.06. The van der Waals surface area contributed by atoms with Crippen LogP contribution in [-0.2, 0) is 7.05 Å². The maximum atomic E-state index is 5.94. The van der Waals surface area contributed by atoms with Gasteiger partial charge in [-0.1, -0.05) is 0 Å². The highest BCUT2D eigenvalue weighted by Crippen LogP contribution is 2.43. The van der Waals surface area contributed by atoms with Crippen LogP contribution >= 0.6 is 0 Å². The largest absolute Gasteiger partial charge is 0.368 e. The molecule has 1 saturated carbocycles. The van der Waals surface area contributed by atoms with Crippen LogP contribution < -0.4 is 16.4 Å². The Hall–Kier alpha value is -2.15. The lowest BCUT2D eigenvalue weighted by atomic mass is 10.1. The van der Waals surface area contributed by atoms with Crippen molar-refractivity contribution < 1.29 is 0 Å². The summed E-state index contributed by atoms with van der Waals surface area (Å²) >= 11 is 0. The van der Waals surface area contributed by atoms with Crippen molar-refractivity contribution in [1.82, 2.24) is 19.7 Å². The van der Waals surface area contributed by atoms with Crippen LogP contribution in [0.25, 0.3) is 11.3 Å². The Bertz CT molecular complexity index is 669. The third kappa shape index (κ3) is 3.29. The molecule has 124 valence electrons. The van der Waals surface area contributed by atoms with Gasteiger partial charge in [0.2, 0.25) is 5.95 Å². The van der Waals surface area contributed by atoms with Gasteiger partial charge in [-0.15, -0.1) is 0 Å². The van der Waals surface area contributed by atoms with Crippen LogP contribution in [0.2, 0.25) is 0 Å². The van der Waals surface area contributed by atoms with Crippen LogP contribution in [0.15, 0.2) is 12.3 Å². The number of nitrogens with zero attached hydrogens (tertiary/aromatic N) is 5. The van der Waals surface area contributed by atoms with Gasteiger partial charge in [0.25, 0.3) is 0 Å². The molecule has 3 heterocycles. The third-order valence-corrected chi connectivity index (χ3v) is 4.26. The predicted molar refractivity (Wildman–Crippen MR) is 92.2 cm³/mol. The zero-order valence-corrected chi connectivity index (χ0v) is 13.9. The van der Waals surface area contributed by atoms with Gasteiger partial charge >= 0.3 is 0 Å². The van der Waals surface area contributed by atoms with Crippen molar-refractivity contribution in [2.24, 2.45) is 12.8 Å². The standard InChI is InChI=1S/C15H20N6.CH5N/c1-20-9-11(14(19-20)10-4-5-10)12-8-13(18-15(16)17-12)21-6-2-3-7-21;1-2/h8-10H,2-7H2,1H3,(H2,16,17,18);2H2,1H3. The molecule has 2 aromatic rings. The number of aryl methyl sites for hydroxylation is 1. The Balaban J connectivity index is 0.000000753. The summed E-state index contributed by atoms with van der Waals surface area (Å²) < 4.78 is 1.87. The molecule has 0 unspecified atom stereocenters. The van der Waals surface area contributed by atoms with E-state index in [-0.39, 0.29) is 0 Å². The molecular formula is C16H25N7. The van der Waals surface area contributed by atoms with Crippen LogP contribution in [-0.4, -0.2) is 39.9 Å². The van der Waals surface area contributed by atoms with E-state index in [4.69, 9.17) is 5.73 Å². The molecule has 4 rings (SSSR count). The van der Waals surface area contributed by atoms with E-state index < -0.39 is 0 Å². The zero-order valence-electron chi connectivity index (χ0n) is 13.9. The number of nitrogens with two attached hydrogens (primary N) is 2. The fourth-order valence-electron chi connectivity index (χ4n) is 3.06. The Labute approximate surface area is 136 Å². The molecule has 2 fully saturated rings. The first-order chi connectivity index (χ1) is 11.2. The first-order valence-corrected chi connectivity index (χ1v) is 8.22. The first-order valence-electron chi connectivity index (χ1n) is 8.22. The van der Waals surface area contributed by atoms with Gasteiger partial charge < -0.3 is 16.4 Å². The number of hydrogen-bond donors (Lipinski definition) is 2. The molecule has 1 saturated heterocycles. The second-order valence-electron chi connectivity index (χ2n) is 6.04. The van der Waals surface area contributed by atoms with Gasteiger partial charge in [-0.2, -0.15) is 10.1 Å². The number of nitrogen functional groups attached to an aromatic ring is 1. The summed E-state index contributed by atoms with van der Waals surface area (Å²) in [5.74, 6) is 1.88. The second-order valence-corrected chi connectivity index (χ2v) is 6.04. The van der Waals surface area contributed by atoms with Crippen molar-refractivity contribution >= 4 is 11.8 Å². The van der Waals surface area contributed by atoms with Crippen LogP contribution in [0, 0.1) is 0 Å². The topological polar surface area (TPSA) is 98.9 Å². The van der Waals surface area contributed by atoms with E-state index in [1.54, 1.807) is 0 Å². The average molecular weight is 315 g/mol. The fourth-order valence-corrected chi connectivity index (χ4v) is 3.06. The molecule has 1 aliphatic carbocycles. The second kappa shape index (κ2) is 6.54. The summed E-state index contributed by atoms with van der Waals surface area (Å²) in [4.78, 5) is 11.1. The monoisotopic (exact) mass is 315 g/mol. The molecule has 0 bridgehead atoms. The van der Waals surface area contributed by atoms with Gasteiger partial charge in [-0.25, -0.2) is 4.98 Å². The predicted octanol–water partition coefficient (Wildman–Crippen LogP) is 1.51. The van der Waals surface area contributed by atoms with E-state index in [2.05, 4.69) is 31.8 Å². The summed E-state index contributed by atoms with van der Waals surface area (Å²) in [5.41, 5.74) is 13.6. The van der Waals surface area contributed by atoms with E-state index >= 15 is 0 Å². The fraction of sp³-hybridized carbons (Fsp3) is 0.562. The molecule has 7 heteroatoms. The minimum atomic E-state index is 0.347. The lowest BCUT2D eigenvalue weighted by Gasteiger charge is -2.17. The van der Waals surface area contributed by atoms with Gasteiger partial charge in [0.05, 0.1) is 11.4 Å². The maximum absolute atomic E-state index is 5.94. The van der Waals surface area contributed by atoms with Gasteiger partial charge in [0.1, 0.15) is 5.82 Å². The van der Waals surface area contributed by atoms with Crippen LogP contribution in [0.5, 0.6) is 0 Å². The molecule has 2 aromatic heterocycles. The molecule has 7 nitrogen and oxygen atoms in total. The highest BCUT2D eigenvalue weighted by molar-refractivity contribution is 5.67. The van der Waals surface area contributed by atoms with E-state index in [9.17, 15) is 0 Å². The summed E-state index contributed by atoms with van der Waals surface area (Å²) in [6.45, 7) is 2.11. The number of hydrogen-bond acceptors (Lipinski definition) is 6. The first kappa shape index (κ1) is 15.7. The van der Waals surface area contributed by atoms with Crippen LogP contribution in [0.3, 0.4) is 0 Å². The molecule has 4 N–H and O–H groups in total. The van der Waals surface area contributed by atoms with Crippen LogP contribution in [0.4, 0.5) is 11.8 Å². The van der Waals surface area contributed by atoms with E-state index in [0.29, 0.717) is 11.9 Å². The summed E-state index contributed by atoms with van der Waals surface area (Å²) in [6.07, 6.45) is 6.94. The lowest BCUT2D eigenvalue weighted by Crippen LogP contribution is -2.19. The molecule has 0 amide bonds. The Morgan fingerprint density at radius 2 is 1.83 bits per heavy atom. The molecular weight excluding hydrogens is 290 g/mol. The van der Waals surface area contributed by atoms with E-state index in [1.165, 1.54) is 32.7 Å². The number of anilines is 2. The number of rotatable bonds is 3. The Morgan fingerprint density at radius 1 is 1.13 bits per heavy atom. The highest BCUT2D eigenvalue weighted by Gasteiger charge is 2.30. The molecule has 2 aliphatic rings. The van der Waals surface area contributed by atoms with Crippen molar-refractivity contribution in [1.29, 1.82) is 0 Å². The van der Waals surface area contributed by atoms with Crippen molar-refractivity contribution in [2.75, 3.05) is 30.8 Å². The van der Waals surface area contributed by atoms with Gasteiger partial charge in [-0.05, 0) is 32.7 Å². The van der Waals surface area contributed by atoms with E-state index in [1.807, 2.05) is 17.9 Å². The smallest absolute Gasteiger partial charge is 0.222 e. The minimum absolute atomic E-state index is 0.347. The van der Waals surface area contributed by atoms with Crippen molar-refractivity contribution in [3.05, 3.63) is 18.0 Å². The molecule has 0 aromatic carbocycles. The zero-order chi connectivity index (χ0) is 16.4. The highest BCUT2D eigenvalue weighted by atomic mass is 15.3. The quantitative estimate of drug-likeness (QED) is 0.891. The van der Waals surface area contributed by atoms with Crippen molar-refractivity contribution in [2.45, 2.75) is 31.6 Å². The van der Waals surface area contributed by atoms with E-state index in [0.717, 1.165) is 35.9 Å². The van der Waals surface area contributed by atoms with Gasteiger partial charge in [-0.3, -0.25) is 4.68 Å². The Kier molecular flexibility index (Phi) is 4.47. The molecule has 1 aliphatic heterocycles. The molecule has 23 heavy (non-hydrogen) atoms. The van der Waals surface area contributed by atoms with Crippen molar-refractivity contribution in [3.63, 3.8) is 0 Å². The SMILES string of the molecule is CN.Cn1cc(-c2cc(N3CCCC3)nc(N)n2)c(C2CC2)n1. The van der Waals surface area contributed by atoms with Crippen LogP contribution in [0.1, 0.15) is 37.3 Å². The van der Waals surface area contributed by atoms with Crippen molar-refractivity contribution in [3.8, 4) is 11.3 Å². The lowest BCUT2D eigenvalue weighted by molar-refractivity contribution is 0.744. The number of aromatic nitrogens is 4. The van der Waals surface area contributed by atoms with Gasteiger partial charge in [0, 0.05) is 43.9 Å². The third-order valence-electron chi connectivity index (χ3n) is 4.26. The normalized spacial score (nSPS) is 17.1. The molecule has 0 spiro atoms. The van der Waals surface area contributed by atoms with Gasteiger partial charge in [0.15, 0.2) is 0 Å². The minimum Gasteiger partial charge on any atom is -0.368 e. The summed E-state index contributed by atoms with van der Waals surface area (Å²) in [7, 11) is 3.46. The Morgan fingerprint density at radius 3 is 2.48 bits per heavy atom. The summed E-state index contributed by atoms with van der Waals surface area (Å²) in [5, 5.41) is 4.61. The average Bonchev–Trinajstić information content (AvgIpc) is 3.10. The molecule has 0 atom stereocenters.